The Morgan fingerprint density at radius 1 is 1.33 bits per heavy atom. The van der Waals surface area contributed by atoms with Gasteiger partial charge in [0.05, 0.1) is 38.6 Å². The molecule has 3 atom stereocenters. The molecule has 0 radical (unpaired) electrons. The molecular formula is C19H31NO4. The molecule has 1 aliphatic rings. The van der Waals surface area contributed by atoms with Gasteiger partial charge in [-0.15, -0.1) is 0 Å². The van der Waals surface area contributed by atoms with E-state index in [0.717, 1.165) is 5.56 Å². The Morgan fingerprint density at radius 2 is 2.04 bits per heavy atom. The predicted molar refractivity (Wildman–Crippen MR) is 94.1 cm³/mol. The summed E-state index contributed by atoms with van der Waals surface area (Å²) in [7, 11) is 0. The molecule has 1 saturated heterocycles. The smallest absolute Gasteiger partial charge is 0.140 e. The second kappa shape index (κ2) is 8.41. The van der Waals surface area contributed by atoms with Crippen LogP contribution in [0.3, 0.4) is 0 Å². The van der Waals surface area contributed by atoms with Crippen molar-refractivity contribution in [3.05, 3.63) is 35.9 Å². The summed E-state index contributed by atoms with van der Waals surface area (Å²) in [6, 6.07) is 10.0. The van der Waals surface area contributed by atoms with Crippen LogP contribution in [0.1, 0.15) is 33.3 Å². The third-order valence-electron chi connectivity index (χ3n) is 3.93. The molecule has 1 aromatic rings. The fourth-order valence-electron chi connectivity index (χ4n) is 2.74. The predicted octanol–water partition coefficient (Wildman–Crippen LogP) is 2.08. The lowest BCUT2D eigenvalue weighted by molar-refractivity contribution is -0.222. The Bertz CT molecular complexity index is 488. The van der Waals surface area contributed by atoms with Crippen LogP contribution in [0, 0.1) is 0 Å². The second-order valence-corrected chi connectivity index (χ2v) is 7.60. The number of hydrogen-bond donors (Lipinski definition) is 2. The molecule has 0 aliphatic carbocycles. The van der Waals surface area contributed by atoms with Crippen molar-refractivity contribution in [2.75, 3.05) is 33.0 Å². The quantitative estimate of drug-likeness (QED) is 0.798. The molecule has 1 heterocycles. The first-order valence-corrected chi connectivity index (χ1v) is 8.63. The molecule has 0 aromatic heterocycles. The van der Waals surface area contributed by atoms with E-state index in [9.17, 15) is 5.11 Å². The van der Waals surface area contributed by atoms with E-state index in [4.69, 9.17) is 14.2 Å². The molecule has 1 aromatic carbocycles. The van der Waals surface area contributed by atoms with Crippen molar-refractivity contribution in [3.8, 4) is 0 Å². The van der Waals surface area contributed by atoms with Crippen LogP contribution in [0.15, 0.2) is 30.3 Å². The van der Waals surface area contributed by atoms with E-state index in [-0.39, 0.29) is 18.2 Å². The molecule has 2 rings (SSSR count). The fourth-order valence-corrected chi connectivity index (χ4v) is 2.74. The molecule has 5 nitrogen and oxygen atoms in total. The van der Waals surface area contributed by atoms with Gasteiger partial charge in [-0.1, -0.05) is 30.3 Å². The molecule has 1 aliphatic heterocycles. The van der Waals surface area contributed by atoms with Crippen LogP contribution >= 0.6 is 0 Å². The first-order chi connectivity index (χ1) is 11.3. The Hall–Kier alpha value is -0.980. The minimum Gasteiger partial charge on any atom is -0.389 e. The van der Waals surface area contributed by atoms with Crippen molar-refractivity contribution in [1.82, 2.24) is 5.32 Å². The van der Waals surface area contributed by atoms with E-state index in [1.807, 2.05) is 37.3 Å². The zero-order chi connectivity index (χ0) is 17.6. The van der Waals surface area contributed by atoms with Gasteiger partial charge in [0.25, 0.3) is 0 Å². The van der Waals surface area contributed by atoms with Gasteiger partial charge < -0.3 is 24.6 Å². The van der Waals surface area contributed by atoms with E-state index in [2.05, 4.69) is 26.1 Å². The van der Waals surface area contributed by atoms with Gasteiger partial charge >= 0.3 is 0 Å². The van der Waals surface area contributed by atoms with Gasteiger partial charge in [-0.25, -0.2) is 0 Å². The minimum absolute atomic E-state index is 0.00929. The molecule has 0 spiro atoms. The Morgan fingerprint density at radius 3 is 2.67 bits per heavy atom. The molecule has 0 bridgehead atoms. The molecule has 0 amide bonds. The first-order valence-electron chi connectivity index (χ1n) is 8.63. The average molecular weight is 337 g/mol. The summed E-state index contributed by atoms with van der Waals surface area (Å²) in [4.78, 5) is 0. The van der Waals surface area contributed by atoms with Crippen molar-refractivity contribution < 1.29 is 19.3 Å². The van der Waals surface area contributed by atoms with Gasteiger partial charge in [-0.2, -0.15) is 0 Å². The van der Waals surface area contributed by atoms with Crippen LogP contribution in [0.4, 0.5) is 0 Å². The molecule has 136 valence electrons. The van der Waals surface area contributed by atoms with Gasteiger partial charge in [-0.3, -0.25) is 0 Å². The zero-order valence-electron chi connectivity index (χ0n) is 15.2. The second-order valence-electron chi connectivity index (χ2n) is 7.60. The SMILES string of the molecule is CC1COCC(COCC(O)CNC(C)(C)C)(c2ccccc2)O1. The van der Waals surface area contributed by atoms with Gasteiger partial charge in [-0.05, 0) is 33.3 Å². The molecule has 24 heavy (non-hydrogen) atoms. The highest BCUT2D eigenvalue weighted by atomic mass is 16.6. The van der Waals surface area contributed by atoms with Crippen LogP contribution in [-0.4, -0.2) is 55.8 Å². The standard InChI is InChI=1S/C19H31NO4/c1-15-11-22-13-19(24-15,16-8-6-5-7-9-16)14-23-12-17(21)10-20-18(2,3)4/h5-9,15,17,20-21H,10-14H2,1-4H3. The number of nitrogens with one attached hydrogen (secondary N) is 1. The van der Waals surface area contributed by atoms with Crippen molar-refractivity contribution in [3.63, 3.8) is 0 Å². The van der Waals surface area contributed by atoms with Gasteiger partial charge in [0, 0.05) is 12.1 Å². The van der Waals surface area contributed by atoms with E-state index >= 15 is 0 Å². The van der Waals surface area contributed by atoms with E-state index in [0.29, 0.717) is 26.4 Å². The monoisotopic (exact) mass is 337 g/mol. The largest absolute Gasteiger partial charge is 0.389 e. The van der Waals surface area contributed by atoms with Gasteiger partial charge in [0.15, 0.2) is 0 Å². The summed E-state index contributed by atoms with van der Waals surface area (Å²) in [6.45, 7) is 10.4. The van der Waals surface area contributed by atoms with Crippen LogP contribution in [0.25, 0.3) is 0 Å². The van der Waals surface area contributed by atoms with E-state index in [1.54, 1.807) is 0 Å². The molecule has 2 N–H and O–H groups in total. The number of β-amino-alcohol motifs (C(OH)–C–C–N with tert-alkyl or cyclic N) is 1. The van der Waals surface area contributed by atoms with E-state index < -0.39 is 11.7 Å². The number of aliphatic hydroxyl groups excluding tert-OH is 1. The lowest BCUT2D eigenvalue weighted by Gasteiger charge is -2.40. The highest BCUT2D eigenvalue weighted by Gasteiger charge is 2.39. The lowest BCUT2D eigenvalue weighted by Crippen LogP contribution is -2.48. The van der Waals surface area contributed by atoms with Crippen LogP contribution < -0.4 is 5.32 Å². The maximum absolute atomic E-state index is 10.1. The van der Waals surface area contributed by atoms with Crippen molar-refractivity contribution in [2.45, 2.75) is 51.0 Å². The summed E-state index contributed by atoms with van der Waals surface area (Å²) in [6.07, 6.45) is -0.547. The van der Waals surface area contributed by atoms with E-state index in [1.165, 1.54) is 0 Å². The Kier molecular flexibility index (Phi) is 6.78. The summed E-state index contributed by atoms with van der Waals surface area (Å²) < 4.78 is 17.7. The fraction of sp³-hybridized carbons (Fsp3) is 0.684. The van der Waals surface area contributed by atoms with Crippen molar-refractivity contribution in [2.24, 2.45) is 0 Å². The highest BCUT2D eigenvalue weighted by Crippen LogP contribution is 2.31. The van der Waals surface area contributed by atoms with Crippen molar-refractivity contribution in [1.29, 1.82) is 0 Å². The molecule has 3 unspecified atom stereocenters. The highest BCUT2D eigenvalue weighted by molar-refractivity contribution is 5.23. The lowest BCUT2D eigenvalue weighted by atomic mass is 9.94. The first kappa shape index (κ1) is 19.3. The van der Waals surface area contributed by atoms with Crippen LogP contribution in [0.5, 0.6) is 0 Å². The summed E-state index contributed by atoms with van der Waals surface area (Å²) >= 11 is 0. The number of aliphatic hydroxyl groups is 1. The van der Waals surface area contributed by atoms with Gasteiger partial charge in [0.2, 0.25) is 0 Å². The molecule has 5 heteroatoms. The zero-order valence-corrected chi connectivity index (χ0v) is 15.2. The Balaban J connectivity index is 1.92. The van der Waals surface area contributed by atoms with Crippen LogP contribution in [0.2, 0.25) is 0 Å². The molecule has 1 fully saturated rings. The van der Waals surface area contributed by atoms with Crippen LogP contribution in [-0.2, 0) is 19.8 Å². The maximum Gasteiger partial charge on any atom is 0.140 e. The van der Waals surface area contributed by atoms with Gasteiger partial charge in [0.1, 0.15) is 5.60 Å². The third-order valence-corrected chi connectivity index (χ3v) is 3.93. The number of hydrogen-bond acceptors (Lipinski definition) is 5. The average Bonchev–Trinajstić information content (AvgIpc) is 2.53. The van der Waals surface area contributed by atoms with Crippen molar-refractivity contribution >= 4 is 0 Å². The third kappa shape index (κ3) is 5.83. The number of benzene rings is 1. The molecular weight excluding hydrogens is 306 g/mol. The topological polar surface area (TPSA) is 60.0 Å². The Labute approximate surface area is 145 Å². The number of ether oxygens (including phenoxy) is 3. The molecule has 0 saturated carbocycles. The summed E-state index contributed by atoms with van der Waals surface area (Å²) in [5.74, 6) is 0. The summed E-state index contributed by atoms with van der Waals surface area (Å²) in [5.41, 5.74) is 0.400. The number of rotatable bonds is 7. The minimum atomic E-state index is -0.615. The summed E-state index contributed by atoms with van der Waals surface area (Å²) in [5, 5.41) is 13.4. The normalized spacial score (nSPS) is 26.3. The maximum atomic E-state index is 10.1.